The molecule has 0 aliphatic heterocycles. The van der Waals surface area contributed by atoms with Crippen LogP contribution in [-0.4, -0.2) is 24.5 Å². The van der Waals surface area contributed by atoms with Crippen LogP contribution in [0.4, 0.5) is 4.79 Å². The first-order valence-electron chi connectivity index (χ1n) is 2.82. The fraction of sp³-hybridized carbons (Fsp3) is 0.800. The molecule has 0 rings (SSSR count). The van der Waals surface area contributed by atoms with Crippen LogP contribution in [0.25, 0.3) is 0 Å². The molecule has 0 aromatic carbocycles. The number of ether oxygens (including phenoxy) is 1. The van der Waals surface area contributed by atoms with Gasteiger partial charge in [-0.3, -0.25) is 0 Å². The Morgan fingerprint density at radius 1 is 1.78 bits per heavy atom. The monoisotopic (exact) mass is 133 g/mol. The number of aliphatic hydroxyl groups excluding tert-OH is 1. The van der Waals surface area contributed by atoms with Gasteiger partial charge < -0.3 is 15.2 Å². The van der Waals surface area contributed by atoms with E-state index in [1.54, 1.807) is 0 Å². The van der Waals surface area contributed by atoms with Gasteiger partial charge in [0.1, 0.15) is 0 Å². The van der Waals surface area contributed by atoms with Crippen molar-refractivity contribution in [2.75, 3.05) is 13.3 Å². The van der Waals surface area contributed by atoms with Crippen LogP contribution in [0.2, 0.25) is 0 Å². The van der Waals surface area contributed by atoms with Crippen molar-refractivity contribution < 1.29 is 14.6 Å². The van der Waals surface area contributed by atoms with Crippen molar-refractivity contribution in [2.45, 2.75) is 13.3 Å². The number of carbonyl (C=O) groups is 1. The normalized spacial score (nSPS) is 8.67. The highest BCUT2D eigenvalue weighted by Gasteiger charge is 1.95. The molecule has 0 radical (unpaired) electrons. The predicted octanol–water partition coefficient (Wildman–Crippen LogP) is 0.0724. The molecule has 0 saturated carbocycles. The molecular weight excluding hydrogens is 122 g/mol. The molecule has 54 valence electrons. The molecule has 4 nitrogen and oxygen atoms in total. The van der Waals surface area contributed by atoms with Gasteiger partial charge in [-0.1, -0.05) is 6.92 Å². The Balaban J connectivity index is 3.06. The lowest BCUT2D eigenvalue weighted by molar-refractivity contribution is 0.0444. The molecule has 0 aromatic heterocycles. The molecule has 0 bridgehead atoms. The molecule has 2 N–H and O–H groups in total. The van der Waals surface area contributed by atoms with Gasteiger partial charge in [0.15, 0.2) is 6.79 Å². The zero-order valence-electron chi connectivity index (χ0n) is 5.39. The number of alkyl carbamates (subject to hydrolysis) is 1. The number of carbonyl (C=O) groups excluding carboxylic acids is 1. The van der Waals surface area contributed by atoms with Crippen molar-refractivity contribution in [1.29, 1.82) is 0 Å². The summed E-state index contributed by atoms with van der Waals surface area (Å²) in [7, 11) is 0. The summed E-state index contributed by atoms with van der Waals surface area (Å²) in [6.07, 6.45) is 0.292. The topological polar surface area (TPSA) is 58.6 Å². The molecule has 1 amide bonds. The van der Waals surface area contributed by atoms with Crippen LogP contribution in [0.3, 0.4) is 0 Å². The Kier molecular flexibility index (Phi) is 4.91. The molecule has 0 atom stereocenters. The minimum absolute atomic E-state index is 0.560. The Bertz CT molecular complexity index is 84.3. The Labute approximate surface area is 53.8 Å². The summed E-state index contributed by atoms with van der Waals surface area (Å²) in [6, 6.07) is 0. The maximum Gasteiger partial charge on any atom is 0.409 e. The molecule has 9 heavy (non-hydrogen) atoms. The van der Waals surface area contributed by atoms with E-state index in [1.165, 1.54) is 0 Å². The summed E-state index contributed by atoms with van der Waals surface area (Å²) in [6.45, 7) is 1.95. The van der Waals surface area contributed by atoms with E-state index in [-0.39, 0.29) is 0 Å². The van der Waals surface area contributed by atoms with Gasteiger partial charge in [0.05, 0.1) is 0 Å². The van der Waals surface area contributed by atoms with E-state index in [0.29, 0.717) is 6.54 Å². The third-order valence-corrected chi connectivity index (χ3v) is 0.715. The van der Waals surface area contributed by atoms with Gasteiger partial charge in [0.25, 0.3) is 0 Å². The fourth-order valence-corrected chi connectivity index (χ4v) is 0.337. The van der Waals surface area contributed by atoms with Crippen LogP contribution >= 0.6 is 0 Å². The molecule has 0 spiro atoms. The van der Waals surface area contributed by atoms with Crippen LogP contribution < -0.4 is 5.32 Å². The highest BCUT2D eigenvalue weighted by molar-refractivity contribution is 5.66. The van der Waals surface area contributed by atoms with Crippen molar-refractivity contribution in [2.24, 2.45) is 0 Å². The highest BCUT2D eigenvalue weighted by Crippen LogP contribution is 1.75. The van der Waals surface area contributed by atoms with E-state index in [2.05, 4.69) is 10.1 Å². The van der Waals surface area contributed by atoms with Gasteiger partial charge >= 0.3 is 6.09 Å². The maximum absolute atomic E-state index is 10.3. The summed E-state index contributed by atoms with van der Waals surface area (Å²) < 4.78 is 4.15. The molecule has 4 heteroatoms. The smallest absolute Gasteiger partial charge is 0.409 e. The zero-order chi connectivity index (χ0) is 7.11. The molecule has 0 fully saturated rings. The third kappa shape index (κ3) is 5.10. The third-order valence-electron chi connectivity index (χ3n) is 0.715. The number of rotatable bonds is 3. The number of nitrogens with one attached hydrogen (secondary N) is 1. The first-order valence-corrected chi connectivity index (χ1v) is 2.82. The van der Waals surface area contributed by atoms with Gasteiger partial charge in [-0.05, 0) is 6.42 Å². The average Bonchev–Trinajstić information content (AvgIpc) is 1.85. The van der Waals surface area contributed by atoms with Crippen LogP contribution in [0.15, 0.2) is 0 Å². The number of aliphatic hydroxyl groups is 1. The van der Waals surface area contributed by atoms with Crippen molar-refractivity contribution in [1.82, 2.24) is 5.32 Å². The lowest BCUT2D eigenvalue weighted by atomic mass is 10.5. The van der Waals surface area contributed by atoms with E-state index < -0.39 is 12.9 Å². The predicted molar refractivity (Wildman–Crippen MR) is 31.9 cm³/mol. The van der Waals surface area contributed by atoms with E-state index in [1.807, 2.05) is 6.92 Å². The standard InChI is InChI=1S/C5H11NO3/c1-2-3-6-5(8)9-4-7/h7H,2-4H2,1H3,(H,6,8). The van der Waals surface area contributed by atoms with Gasteiger partial charge in [-0.15, -0.1) is 0 Å². The Morgan fingerprint density at radius 3 is 2.89 bits per heavy atom. The Morgan fingerprint density at radius 2 is 2.44 bits per heavy atom. The summed E-state index contributed by atoms with van der Waals surface area (Å²) in [5.74, 6) is 0. The minimum Gasteiger partial charge on any atom is -0.423 e. The summed E-state index contributed by atoms with van der Waals surface area (Å²) >= 11 is 0. The SMILES string of the molecule is CCCNC(=O)OCO. The number of amides is 1. The maximum atomic E-state index is 10.3. The van der Waals surface area contributed by atoms with E-state index in [0.717, 1.165) is 6.42 Å². The molecule has 0 unspecified atom stereocenters. The van der Waals surface area contributed by atoms with Crippen molar-refractivity contribution in [3.8, 4) is 0 Å². The second-order valence-corrected chi connectivity index (χ2v) is 1.49. The lowest BCUT2D eigenvalue weighted by Crippen LogP contribution is -2.25. The molecule has 0 saturated heterocycles. The first-order chi connectivity index (χ1) is 4.31. The second-order valence-electron chi connectivity index (χ2n) is 1.49. The fourth-order valence-electron chi connectivity index (χ4n) is 0.337. The van der Waals surface area contributed by atoms with Gasteiger partial charge in [-0.25, -0.2) is 4.79 Å². The second kappa shape index (κ2) is 5.37. The average molecular weight is 133 g/mol. The molecule has 0 heterocycles. The first kappa shape index (κ1) is 8.23. The number of hydrogen-bond acceptors (Lipinski definition) is 3. The molecular formula is C5H11NO3. The van der Waals surface area contributed by atoms with Crippen LogP contribution in [0, 0.1) is 0 Å². The van der Waals surface area contributed by atoms with Crippen LogP contribution in [0.5, 0.6) is 0 Å². The van der Waals surface area contributed by atoms with E-state index >= 15 is 0 Å². The largest absolute Gasteiger partial charge is 0.423 e. The van der Waals surface area contributed by atoms with Crippen molar-refractivity contribution >= 4 is 6.09 Å². The summed E-state index contributed by atoms with van der Waals surface area (Å²) in [5.41, 5.74) is 0. The zero-order valence-corrected chi connectivity index (χ0v) is 5.39. The molecule has 0 aliphatic rings. The van der Waals surface area contributed by atoms with Crippen LogP contribution in [0.1, 0.15) is 13.3 Å². The van der Waals surface area contributed by atoms with Gasteiger partial charge in [-0.2, -0.15) is 0 Å². The summed E-state index contributed by atoms with van der Waals surface area (Å²) in [5, 5.41) is 10.5. The van der Waals surface area contributed by atoms with Gasteiger partial charge in [0, 0.05) is 6.54 Å². The van der Waals surface area contributed by atoms with E-state index in [4.69, 9.17) is 5.11 Å². The summed E-state index contributed by atoms with van der Waals surface area (Å²) in [4.78, 5) is 10.3. The van der Waals surface area contributed by atoms with E-state index in [9.17, 15) is 4.79 Å². The molecule has 0 aliphatic carbocycles. The number of hydrogen-bond donors (Lipinski definition) is 2. The minimum atomic E-state index is -0.570. The lowest BCUT2D eigenvalue weighted by Gasteiger charge is -2.00. The van der Waals surface area contributed by atoms with Crippen LogP contribution in [-0.2, 0) is 4.74 Å². The van der Waals surface area contributed by atoms with Crippen molar-refractivity contribution in [3.63, 3.8) is 0 Å². The highest BCUT2D eigenvalue weighted by atomic mass is 16.6. The van der Waals surface area contributed by atoms with Gasteiger partial charge in [0.2, 0.25) is 0 Å². The Hall–Kier alpha value is -0.770. The molecule has 0 aromatic rings. The quantitative estimate of drug-likeness (QED) is 0.536. The van der Waals surface area contributed by atoms with Crippen molar-refractivity contribution in [3.05, 3.63) is 0 Å².